The lowest BCUT2D eigenvalue weighted by molar-refractivity contribution is -0.139. The average molecular weight is 235 g/mol. The van der Waals surface area contributed by atoms with Crippen molar-refractivity contribution in [3.63, 3.8) is 0 Å². The van der Waals surface area contributed by atoms with Crippen molar-refractivity contribution in [2.45, 2.75) is 45.2 Å². The largest absolute Gasteiger partial charge is 0.480 e. The van der Waals surface area contributed by atoms with Crippen LogP contribution in [0.15, 0.2) is 30.3 Å². The predicted octanol–water partition coefficient (Wildman–Crippen LogP) is 2.81. The number of carboxylic acid groups (broad SMARTS) is 1. The van der Waals surface area contributed by atoms with Crippen LogP contribution in [0.2, 0.25) is 0 Å². The molecule has 0 amide bonds. The van der Waals surface area contributed by atoms with E-state index >= 15 is 0 Å². The molecule has 1 aromatic carbocycles. The van der Waals surface area contributed by atoms with Gasteiger partial charge in [-0.2, -0.15) is 0 Å². The van der Waals surface area contributed by atoms with Gasteiger partial charge in [0.1, 0.15) is 6.04 Å². The topological polar surface area (TPSA) is 49.3 Å². The second-order valence-corrected chi connectivity index (χ2v) is 4.25. The Morgan fingerprint density at radius 1 is 1.29 bits per heavy atom. The van der Waals surface area contributed by atoms with Gasteiger partial charge in [0.25, 0.3) is 0 Å². The van der Waals surface area contributed by atoms with E-state index in [4.69, 9.17) is 5.11 Å². The quantitative estimate of drug-likeness (QED) is 0.681. The molecule has 0 bridgehead atoms. The summed E-state index contributed by atoms with van der Waals surface area (Å²) in [4.78, 5) is 11.1. The Balaban J connectivity index is 2.36. The van der Waals surface area contributed by atoms with E-state index in [1.807, 2.05) is 30.3 Å². The van der Waals surface area contributed by atoms with Gasteiger partial charge in [-0.05, 0) is 12.0 Å². The molecule has 0 spiro atoms. The molecule has 0 aliphatic heterocycles. The molecule has 0 unspecified atom stereocenters. The zero-order valence-corrected chi connectivity index (χ0v) is 10.4. The summed E-state index contributed by atoms with van der Waals surface area (Å²) in [7, 11) is 0. The van der Waals surface area contributed by atoms with Crippen LogP contribution in [0.4, 0.5) is 0 Å². The molecule has 0 fully saturated rings. The maximum atomic E-state index is 11.1. The number of nitrogens with one attached hydrogen (secondary N) is 1. The molecule has 1 aromatic rings. The molecule has 1 atom stereocenters. The number of carbonyl (C=O) groups is 1. The summed E-state index contributed by atoms with van der Waals surface area (Å²) < 4.78 is 0. The van der Waals surface area contributed by atoms with Gasteiger partial charge in [-0.15, -0.1) is 0 Å². The predicted molar refractivity (Wildman–Crippen MR) is 68.8 cm³/mol. The van der Waals surface area contributed by atoms with Crippen LogP contribution in [-0.4, -0.2) is 17.1 Å². The summed E-state index contributed by atoms with van der Waals surface area (Å²) in [6.45, 7) is 2.73. The van der Waals surface area contributed by atoms with Gasteiger partial charge in [0, 0.05) is 6.54 Å². The van der Waals surface area contributed by atoms with Crippen LogP contribution >= 0.6 is 0 Å². The van der Waals surface area contributed by atoms with Crippen LogP contribution in [0.5, 0.6) is 0 Å². The van der Waals surface area contributed by atoms with Gasteiger partial charge in [0.05, 0.1) is 0 Å². The summed E-state index contributed by atoms with van der Waals surface area (Å²) in [5.74, 6) is -0.753. The zero-order valence-electron chi connectivity index (χ0n) is 10.4. The second-order valence-electron chi connectivity index (χ2n) is 4.25. The van der Waals surface area contributed by atoms with Gasteiger partial charge in [-0.3, -0.25) is 4.79 Å². The molecule has 1 rings (SSSR count). The number of rotatable bonds is 8. The van der Waals surface area contributed by atoms with Gasteiger partial charge in [0.15, 0.2) is 0 Å². The van der Waals surface area contributed by atoms with Gasteiger partial charge in [-0.25, -0.2) is 0 Å². The standard InChI is InChI=1S/C14H21NO2/c1-2-3-5-10-13(14(16)17)15-11-12-8-6-4-7-9-12/h4,6-9,13,15H,2-3,5,10-11H2,1H3,(H,16,17)/t13-/m0/s1. The lowest BCUT2D eigenvalue weighted by Gasteiger charge is -2.14. The SMILES string of the molecule is CCCCC[C@H](NCc1ccccc1)C(=O)O. The van der Waals surface area contributed by atoms with E-state index in [1.165, 1.54) is 0 Å². The maximum absolute atomic E-state index is 11.1. The molecule has 0 aliphatic rings. The molecule has 94 valence electrons. The third-order valence-electron chi connectivity index (χ3n) is 2.79. The molecule has 2 N–H and O–H groups in total. The van der Waals surface area contributed by atoms with Crippen molar-refractivity contribution in [2.24, 2.45) is 0 Å². The fourth-order valence-electron chi connectivity index (χ4n) is 1.75. The molecular formula is C14H21NO2. The number of hydrogen-bond donors (Lipinski definition) is 2. The normalized spacial score (nSPS) is 12.3. The number of benzene rings is 1. The summed E-state index contributed by atoms with van der Waals surface area (Å²) in [5, 5.41) is 12.2. The van der Waals surface area contributed by atoms with Crippen molar-refractivity contribution in [3.05, 3.63) is 35.9 Å². The van der Waals surface area contributed by atoms with Crippen LogP contribution < -0.4 is 5.32 Å². The zero-order chi connectivity index (χ0) is 12.5. The third-order valence-corrected chi connectivity index (χ3v) is 2.79. The molecule has 0 heterocycles. The fourth-order valence-corrected chi connectivity index (χ4v) is 1.75. The van der Waals surface area contributed by atoms with Crippen molar-refractivity contribution < 1.29 is 9.90 Å². The molecule has 0 radical (unpaired) electrons. The van der Waals surface area contributed by atoms with Crippen LogP contribution in [0.3, 0.4) is 0 Å². The first-order chi connectivity index (χ1) is 8.24. The van der Waals surface area contributed by atoms with Gasteiger partial charge in [0.2, 0.25) is 0 Å². The van der Waals surface area contributed by atoms with Gasteiger partial charge >= 0.3 is 5.97 Å². The molecule has 3 heteroatoms. The highest BCUT2D eigenvalue weighted by Gasteiger charge is 2.15. The molecule has 0 aromatic heterocycles. The van der Waals surface area contributed by atoms with Crippen molar-refractivity contribution in [3.8, 4) is 0 Å². The monoisotopic (exact) mass is 235 g/mol. The summed E-state index contributed by atoms with van der Waals surface area (Å²) >= 11 is 0. The minimum Gasteiger partial charge on any atom is -0.480 e. The smallest absolute Gasteiger partial charge is 0.320 e. The van der Waals surface area contributed by atoms with Crippen LogP contribution in [0.25, 0.3) is 0 Å². The van der Waals surface area contributed by atoms with Gasteiger partial charge in [-0.1, -0.05) is 56.5 Å². The first-order valence-corrected chi connectivity index (χ1v) is 6.24. The minimum absolute atomic E-state index is 0.429. The molecule has 17 heavy (non-hydrogen) atoms. The van der Waals surface area contributed by atoms with E-state index in [9.17, 15) is 4.79 Å². The Morgan fingerprint density at radius 2 is 2.00 bits per heavy atom. The van der Waals surface area contributed by atoms with Crippen LogP contribution in [0, 0.1) is 0 Å². The van der Waals surface area contributed by atoms with E-state index in [-0.39, 0.29) is 0 Å². The first kappa shape index (κ1) is 13.7. The molecule has 3 nitrogen and oxygen atoms in total. The van der Waals surface area contributed by atoms with E-state index in [0.717, 1.165) is 24.8 Å². The van der Waals surface area contributed by atoms with E-state index in [1.54, 1.807) is 0 Å². The van der Waals surface area contributed by atoms with Gasteiger partial charge < -0.3 is 10.4 Å². The van der Waals surface area contributed by atoms with Crippen LogP contribution in [-0.2, 0) is 11.3 Å². The van der Waals surface area contributed by atoms with Crippen molar-refractivity contribution in [1.29, 1.82) is 0 Å². The van der Waals surface area contributed by atoms with E-state index in [2.05, 4.69) is 12.2 Å². The van der Waals surface area contributed by atoms with Crippen molar-refractivity contribution in [2.75, 3.05) is 0 Å². The van der Waals surface area contributed by atoms with E-state index in [0.29, 0.717) is 13.0 Å². The Bertz CT molecular complexity index is 324. The number of hydrogen-bond acceptors (Lipinski definition) is 2. The highest BCUT2D eigenvalue weighted by atomic mass is 16.4. The Hall–Kier alpha value is -1.35. The van der Waals surface area contributed by atoms with Crippen LogP contribution in [0.1, 0.15) is 38.2 Å². The number of aliphatic carboxylic acids is 1. The molecule has 0 aliphatic carbocycles. The van der Waals surface area contributed by atoms with E-state index < -0.39 is 12.0 Å². The Morgan fingerprint density at radius 3 is 2.59 bits per heavy atom. The molecule has 0 saturated heterocycles. The highest BCUT2D eigenvalue weighted by Crippen LogP contribution is 2.05. The number of unbranched alkanes of at least 4 members (excludes halogenated alkanes) is 2. The summed E-state index contributed by atoms with van der Waals surface area (Å²) in [5.41, 5.74) is 1.12. The lowest BCUT2D eigenvalue weighted by atomic mass is 10.1. The van der Waals surface area contributed by atoms with Crippen molar-refractivity contribution in [1.82, 2.24) is 5.32 Å². The lowest BCUT2D eigenvalue weighted by Crippen LogP contribution is -2.36. The summed E-state index contributed by atoms with van der Waals surface area (Å²) in [6.07, 6.45) is 3.88. The Labute approximate surface area is 103 Å². The first-order valence-electron chi connectivity index (χ1n) is 6.24. The third kappa shape index (κ3) is 5.50. The Kier molecular flexibility index (Phi) is 6.33. The number of carboxylic acids is 1. The van der Waals surface area contributed by atoms with Crippen molar-refractivity contribution >= 4 is 5.97 Å². The fraction of sp³-hybridized carbons (Fsp3) is 0.500. The minimum atomic E-state index is -0.753. The average Bonchev–Trinajstić information content (AvgIpc) is 2.34. The maximum Gasteiger partial charge on any atom is 0.320 e. The highest BCUT2D eigenvalue weighted by molar-refractivity contribution is 5.73. The summed E-state index contributed by atoms with van der Waals surface area (Å²) in [6, 6.07) is 9.45. The molecule has 0 saturated carbocycles. The second kappa shape index (κ2) is 7.85. The molecular weight excluding hydrogens is 214 g/mol.